The molecule has 1 amide bonds. The molecular weight excluding hydrogens is 454 g/mol. The largest absolute Gasteiger partial charge is 0.311 e. The Morgan fingerprint density at radius 2 is 1.71 bits per heavy atom. The molecule has 1 aromatic heterocycles. The molecule has 3 aromatic carbocycles. The van der Waals surface area contributed by atoms with Gasteiger partial charge in [0.05, 0.1) is 27.9 Å². The Kier molecular flexibility index (Phi) is 4.59. The Morgan fingerprint density at radius 1 is 0.968 bits per heavy atom. The SMILES string of the molecule is Cc1ccc(-n2c(/C=C3\C(=O)N(C)c4ccc(Br)cc43)nc3ccccc3c2=O)cc1. The highest BCUT2D eigenvalue weighted by molar-refractivity contribution is 9.10. The number of aryl methyl sites for hydroxylation is 1. The van der Waals surface area contributed by atoms with Crippen LogP contribution in [0.5, 0.6) is 0 Å². The summed E-state index contributed by atoms with van der Waals surface area (Å²) >= 11 is 3.49. The van der Waals surface area contributed by atoms with Crippen molar-refractivity contribution in [1.29, 1.82) is 0 Å². The Balaban J connectivity index is 1.82. The molecule has 0 aliphatic carbocycles. The molecule has 1 aliphatic heterocycles. The minimum absolute atomic E-state index is 0.133. The van der Waals surface area contributed by atoms with Crippen molar-refractivity contribution in [3.05, 3.63) is 98.5 Å². The van der Waals surface area contributed by atoms with Crippen molar-refractivity contribution in [3.63, 3.8) is 0 Å². The second-order valence-electron chi connectivity index (χ2n) is 7.55. The normalized spacial score (nSPS) is 14.5. The predicted octanol–water partition coefficient (Wildman–Crippen LogP) is 4.97. The Bertz CT molecular complexity index is 1450. The number of para-hydroxylation sites is 1. The van der Waals surface area contributed by atoms with Crippen LogP contribution in [0.4, 0.5) is 5.69 Å². The first-order valence-corrected chi connectivity index (χ1v) is 10.6. The summed E-state index contributed by atoms with van der Waals surface area (Å²) < 4.78 is 2.44. The van der Waals surface area contributed by atoms with Crippen molar-refractivity contribution in [1.82, 2.24) is 9.55 Å². The van der Waals surface area contributed by atoms with Crippen LogP contribution in [0.25, 0.3) is 28.2 Å². The van der Waals surface area contributed by atoms with Gasteiger partial charge in [0.25, 0.3) is 11.5 Å². The van der Waals surface area contributed by atoms with Gasteiger partial charge in [-0.1, -0.05) is 45.8 Å². The van der Waals surface area contributed by atoms with E-state index in [1.165, 1.54) is 0 Å². The standard InChI is InChI=1S/C25H18BrN3O2/c1-15-7-10-17(11-8-15)29-23(27-21-6-4-3-5-18(21)25(29)31)14-20-19-13-16(26)9-12-22(19)28(2)24(20)30/h3-14H,1-2H3/b20-14-. The Morgan fingerprint density at radius 3 is 2.48 bits per heavy atom. The molecule has 2 heterocycles. The molecule has 4 aromatic rings. The highest BCUT2D eigenvalue weighted by atomic mass is 79.9. The maximum atomic E-state index is 13.4. The molecule has 1 aliphatic rings. The first-order valence-electron chi connectivity index (χ1n) is 9.82. The number of likely N-dealkylation sites (N-methyl/N-ethyl adjacent to an activating group) is 1. The molecule has 0 spiro atoms. The van der Waals surface area contributed by atoms with E-state index in [-0.39, 0.29) is 11.5 Å². The molecule has 5 rings (SSSR count). The van der Waals surface area contributed by atoms with Gasteiger partial charge in [-0.25, -0.2) is 4.98 Å². The number of halogens is 1. The minimum Gasteiger partial charge on any atom is -0.311 e. The molecule has 0 atom stereocenters. The van der Waals surface area contributed by atoms with E-state index in [0.717, 1.165) is 21.3 Å². The highest BCUT2D eigenvalue weighted by Crippen LogP contribution is 2.38. The van der Waals surface area contributed by atoms with Gasteiger partial charge in [-0.15, -0.1) is 0 Å². The van der Waals surface area contributed by atoms with Crippen LogP contribution in [-0.4, -0.2) is 22.5 Å². The second kappa shape index (κ2) is 7.32. The number of anilines is 1. The van der Waals surface area contributed by atoms with E-state index in [2.05, 4.69) is 15.9 Å². The quantitative estimate of drug-likeness (QED) is 0.387. The van der Waals surface area contributed by atoms with Gasteiger partial charge in [-0.05, 0) is 55.5 Å². The minimum atomic E-state index is -0.172. The van der Waals surface area contributed by atoms with Crippen molar-refractivity contribution in [2.45, 2.75) is 6.92 Å². The maximum Gasteiger partial charge on any atom is 0.266 e. The van der Waals surface area contributed by atoms with Crippen LogP contribution in [-0.2, 0) is 4.79 Å². The molecule has 0 saturated heterocycles. The fourth-order valence-electron chi connectivity index (χ4n) is 3.88. The molecule has 31 heavy (non-hydrogen) atoms. The number of aromatic nitrogens is 2. The van der Waals surface area contributed by atoms with Crippen molar-refractivity contribution in [2.75, 3.05) is 11.9 Å². The van der Waals surface area contributed by atoms with Crippen LogP contribution in [0.2, 0.25) is 0 Å². The van der Waals surface area contributed by atoms with Crippen molar-refractivity contribution in [3.8, 4) is 5.69 Å². The number of fused-ring (bicyclic) bond motifs is 2. The molecule has 0 saturated carbocycles. The molecule has 5 nitrogen and oxygen atoms in total. The number of amides is 1. The van der Waals surface area contributed by atoms with E-state index in [1.807, 2.05) is 67.6 Å². The molecule has 152 valence electrons. The van der Waals surface area contributed by atoms with E-state index < -0.39 is 0 Å². The van der Waals surface area contributed by atoms with E-state index >= 15 is 0 Å². The smallest absolute Gasteiger partial charge is 0.266 e. The Hall–Kier alpha value is -3.51. The molecule has 0 unspecified atom stereocenters. The fourth-order valence-corrected chi connectivity index (χ4v) is 4.24. The first kappa shape index (κ1) is 19.5. The lowest BCUT2D eigenvalue weighted by molar-refractivity contribution is -0.112. The lowest BCUT2D eigenvalue weighted by Gasteiger charge is -2.12. The van der Waals surface area contributed by atoms with Crippen molar-refractivity contribution < 1.29 is 4.79 Å². The van der Waals surface area contributed by atoms with Gasteiger partial charge < -0.3 is 4.90 Å². The van der Waals surface area contributed by atoms with E-state index in [0.29, 0.717) is 28.0 Å². The van der Waals surface area contributed by atoms with Gasteiger partial charge in [0.2, 0.25) is 0 Å². The molecule has 0 fully saturated rings. The van der Waals surface area contributed by atoms with Gasteiger partial charge in [0, 0.05) is 17.1 Å². The van der Waals surface area contributed by atoms with Gasteiger partial charge >= 0.3 is 0 Å². The summed E-state index contributed by atoms with van der Waals surface area (Å²) in [7, 11) is 1.75. The number of rotatable bonds is 2. The fraction of sp³-hybridized carbons (Fsp3) is 0.0800. The lowest BCUT2D eigenvalue weighted by atomic mass is 10.1. The van der Waals surface area contributed by atoms with Crippen LogP contribution >= 0.6 is 15.9 Å². The monoisotopic (exact) mass is 471 g/mol. The number of benzene rings is 3. The van der Waals surface area contributed by atoms with E-state index in [1.54, 1.807) is 28.7 Å². The lowest BCUT2D eigenvalue weighted by Crippen LogP contribution is -2.23. The van der Waals surface area contributed by atoms with Gasteiger partial charge in [0.15, 0.2) is 0 Å². The second-order valence-corrected chi connectivity index (χ2v) is 8.46. The summed E-state index contributed by atoms with van der Waals surface area (Å²) in [6.45, 7) is 2.00. The van der Waals surface area contributed by atoms with Gasteiger partial charge in [-0.3, -0.25) is 14.2 Å². The summed E-state index contributed by atoms with van der Waals surface area (Å²) in [5.74, 6) is 0.281. The maximum absolute atomic E-state index is 13.4. The Labute approximate surface area is 187 Å². The highest BCUT2D eigenvalue weighted by Gasteiger charge is 2.30. The third-order valence-corrected chi connectivity index (χ3v) is 6.01. The number of carbonyl (C=O) groups excluding carboxylic acids is 1. The number of nitrogens with zero attached hydrogens (tertiary/aromatic N) is 3. The first-order chi connectivity index (χ1) is 14.9. The van der Waals surface area contributed by atoms with Crippen LogP contribution < -0.4 is 10.5 Å². The van der Waals surface area contributed by atoms with Crippen LogP contribution in [0, 0.1) is 6.92 Å². The van der Waals surface area contributed by atoms with Crippen LogP contribution in [0.3, 0.4) is 0 Å². The zero-order chi connectivity index (χ0) is 21.7. The summed E-state index contributed by atoms with van der Waals surface area (Å²) in [5, 5.41) is 0.531. The molecule has 0 bridgehead atoms. The summed E-state index contributed by atoms with van der Waals surface area (Å²) in [4.78, 5) is 32.9. The number of hydrogen-bond acceptors (Lipinski definition) is 3. The zero-order valence-electron chi connectivity index (χ0n) is 17.0. The van der Waals surface area contributed by atoms with Crippen LogP contribution in [0.1, 0.15) is 17.0 Å². The van der Waals surface area contributed by atoms with Crippen LogP contribution in [0.15, 0.2) is 76.0 Å². The molecule has 0 N–H and O–H groups in total. The summed E-state index contributed by atoms with van der Waals surface area (Å²) in [6.07, 6.45) is 1.71. The molecule has 0 radical (unpaired) electrons. The third-order valence-electron chi connectivity index (χ3n) is 5.51. The van der Waals surface area contributed by atoms with E-state index in [9.17, 15) is 9.59 Å². The third kappa shape index (κ3) is 3.20. The number of carbonyl (C=O) groups is 1. The zero-order valence-corrected chi connectivity index (χ0v) is 18.6. The van der Waals surface area contributed by atoms with Gasteiger partial charge in [-0.2, -0.15) is 0 Å². The van der Waals surface area contributed by atoms with Crippen molar-refractivity contribution in [2.24, 2.45) is 0 Å². The summed E-state index contributed by atoms with van der Waals surface area (Å²) in [5.41, 5.74) is 4.35. The summed E-state index contributed by atoms with van der Waals surface area (Å²) in [6, 6.07) is 20.7. The number of hydrogen-bond donors (Lipinski definition) is 0. The topological polar surface area (TPSA) is 55.2 Å². The van der Waals surface area contributed by atoms with Gasteiger partial charge in [0.1, 0.15) is 5.82 Å². The average molecular weight is 472 g/mol. The average Bonchev–Trinajstić information content (AvgIpc) is 2.99. The molecular formula is C25H18BrN3O2. The van der Waals surface area contributed by atoms with E-state index in [4.69, 9.17) is 4.98 Å². The predicted molar refractivity (Wildman–Crippen MR) is 128 cm³/mol. The molecule has 6 heteroatoms. The van der Waals surface area contributed by atoms with Crippen molar-refractivity contribution >= 4 is 50.1 Å².